The van der Waals surface area contributed by atoms with Crippen molar-refractivity contribution < 1.29 is 18.9 Å². The van der Waals surface area contributed by atoms with E-state index in [-0.39, 0.29) is 17.1 Å². The van der Waals surface area contributed by atoms with Crippen molar-refractivity contribution in [1.29, 1.82) is 0 Å². The summed E-state index contributed by atoms with van der Waals surface area (Å²) in [5.41, 5.74) is 0.277. The van der Waals surface area contributed by atoms with Crippen LogP contribution in [-0.4, -0.2) is 35.2 Å². The molecule has 0 N–H and O–H groups in total. The molecule has 2 aromatic heterocycles. The molecule has 0 aliphatic rings. The van der Waals surface area contributed by atoms with E-state index < -0.39 is 17.0 Å². The van der Waals surface area contributed by atoms with E-state index in [4.69, 9.17) is 9.15 Å². The number of hydrogen-bond acceptors (Lipinski definition) is 9. The molecule has 1 aromatic carbocycles. The number of benzene rings is 1. The number of ether oxygens (including phenoxy) is 1. The van der Waals surface area contributed by atoms with Crippen LogP contribution < -0.4 is 4.90 Å². The minimum Gasteiger partial charge on any atom is -0.449 e. The molecule has 0 saturated heterocycles. The van der Waals surface area contributed by atoms with Crippen LogP contribution in [0, 0.1) is 10.1 Å². The minimum atomic E-state index is -0.800. The zero-order valence-electron chi connectivity index (χ0n) is 14.8. The maximum Gasteiger partial charge on any atom is 0.339 e. The average molecular weight is 388 g/mol. The van der Waals surface area contributed by atoms with E-state index in [1.807, 2.05) is 17.5 Å². The topological polar surface area (TPSA) is 112 Å². The van der Waals surface area contributed by atoms with Crippen molar-refractivity contribution >= 4 is 28.7 Å². The van der Waals surface area contributed by atoms with Gasteiger partial charge in [0.15, 0.2) is 6.10 Å². The first-order valence-electron chi connectivity index (χ1n) is 7.91. The van der Waals surface area contributed by atoms with Gasteiger partial charge in [-0.1, -0.05) is 6.07 Å². The maximum atomic E-state index is 12.4. The number of nitrogens with zero attached hydrogens (tertiary/aromatic N) is 4. The molecule has 3 rings (SSSR count). The number of rotatable bonds is 6. The number of aromatic nitrogens is 2. The summed E-state index contributed by atoms with van der Waals surface area (Å²) < 4.78 is 10.9. The highest BCUT2D eigenvalue weighted by molar-refractivity contribution is 7.13. The Bertz CT molecular complexity index is 968. The van der Waals surface area contributed by atoms with Gasteiger partial charge in [-0.25, -0.2) is 4.79 Å². The summed E-state index contributed by atoms with van der Waals surface area (Å²) >= 11 is 1.45. The van der Waals surface area contributed by atoms with Crippen LogP contribution in [0.5, 0.6) is 0 Å². The SMILES string of the molecule is CC(OC(=O)c1ccc(N(C)C)c([N+](=O)[O-])c1)c1nnc(-c2cccs2)o1. The fraction of sp³-hybridized carbons (Fsp3) is 0.235. The quantitative estimate of drug-likeness (QED) is 0.357. The van der Waals surface area contributed by atoms with Crippen molar-refractivity contribution in [3.63, 3.8) is 0 Å². The first-order chi connectivity index (χ1) is 12.9. The molecule has 1 atom stereocenters. The van der Waals surface area contributed by atoms with Crippen molar-refractivity contribution in [3.8, 4) is 10.8 Å². The fourth-order valence-electron chi connectivity index (χ4n) is 2.35. The van der Waals surface area contributed by atoms with Gasteiger partial charge in [0.1, 0.15) is 5.69 Å². The van der Waals surface area contributed by atoms with Crippen LogP contribution in [0.3, 0.4) is 0 Å². The number of carbonyl (C=O) groups is 1. The summed E-state index contributed by atoms with van der Waals surface area (Å²) in [6.45, 7) is 1.59. The summed E-state index contributed by atoms with van der Waals surface area (Å²) in [6, 6.07) is 7.86. The second kappa shape index (κ2) is 7.54. The number of esters is 1. The zero-order valence-corrected chi connectivity index (χ0v) is 15.6. The molecule has 10 heteroatoms. The molecule has 0 radical (unpaired) electrons. The van der Waals surface area contributed by atoms with Gasteiger partial charge in [0.25, 0.3) is 17.5 Å². The third-order valence-corrected chi connectivity index (χ3v) is 4.55. The lowest BCUT2D eigenvalue weighted by atomic mass is 10.1. The lowest BCUT2D eigenvalue weighted by Gasteiger charge is -2.14. The van der Waals surface area contributed by atoms with Crippen molar-refractivity contribution in [2.24, 2.45) is 0 Å². The Hall–Kier alpha value is -3.27. The lowest BCUT2D eigenvalue weighted by Crippen LogP contribution is -2.13. The normalized spacial score (nSPS) is 11.8. The third-order valence-electron chi connectivity index (χ3n) is 3.69. The number of anilines is 1. The Balaban J connectivity index is 1.77. The molecule has 0 bridgehead atoms. The summed E-state index contributed by atoms with van der Waals surface area (Å²) in [6.07, 6.45) is -0.800. The Morgan fingerprint density at radius 2 is 2.11 bits per heavy atom. The fourth-order valence-corrected chi connectivity index (χ4v) is 3.00. The molecule has 0 fully saturated rings. The van der Waals surface area contributed by atoms with Crippen LogP contribution >= 0.6 is 11.3 Å². The number of nitro benzene ring substituents is 1. The second-order valence-electron chi connectivity index (χ2n) is 5.83. The summed E-state index contributed by atoms with van der Waals surface area (Å²) in [5.74, 6) is -0.230. The van der Waals surface area contributed by atoms with Crippen molar-refractivity contribution in [2.45, 2.75) is 13.0 Å². The number of thiophene rings is 1. The van der Waals surface area contributed by atoms with Crippen LogP contribution in [0.25, 0.3) is 10.8 Å². The van der Waals surface area contributed by atoms with E-state index in [0.717, 1.165) is 4.88 Å². The van der Waals surface area contributed by atoms with Gasteiger partial charge in [-0.2, -0.15) is 0 Å². The van der Waals surface area contributed by atoms with Crippen molar-refractivity contribution in [3.05, 3.63) is 57.3 Å². The molecule has 0 aliphatic heterocycles. The molecular formula is C17H16N4O5S. The number of nitro groups is 1. The van der Waals surface area contributed by atoms with Gasteiger partial charge in [0, 0.05) is 20.2 Å². The molecular weight excluding hydrogens is 372 g/mol. The first kappa shape index (κ1) is 18.5. The highest BCUT2D eigenvalue weighted by Gasteiger charge is 2.23. The standard InChI is InChI=1S/C17H16N4O5S/c1-10(15-18-19-16(26-15)14-5-4-8-27-14)25-17(22)11-6-7-12(20(2)3)13(9-11)21(23)24/h4-10H,1-3H3. The molecule has 2 heterocycles. The molecule has 3 aromatic rings. The van der Waals surface area contributed by atoms with E-state index >= 15 is 0 Å². The minimum absolute atomic E-state index is 0.0668. The van der Waals surface area contributed by atoms with Gasteiger partial charge in [-0.15, -0.1) is 21.5 Å². The predicted molar refractivity (Wildman–Crippen MR) is 98.9 cm³/mol. The van der Waals surface area contributed by atoms with E-state index in [9.17, 15) is 14.9 Å². The summed E-state index contributed by atoms with van der Waals surface area (Å²) in [7, 11) is 3.37. The second-order valence-corrected chi connectivity index (χ2v) is 6.77. The third kappa shape index (κ3) is 3.95. The van der Waals surface area contributed by atoms with Gasteiger partial charge in [-0.05, 0) is 30.5 Å². The smallest absolute Gasteiger partial charge is 0.339 e. The Morgan fingerprint density at radius 1 is 1.33 bits per heavy atom. The Kier molecular flexibility index (Phi) is 5.17. The molecule has 140 valence electrons. The Morgan fingerprint density at radius 3 is 2.74 bits per heavy atom. The Labute approximate surface area is 158 Å². The largest absolute Gasteiger partial charge is 0.449 e. The van der Waals surface area contributed by atoms with Gasteiger partial charge in [0.05, 0.1) is 15.4 Å². The van der Waals surface area contributed by atoms with Crippen LogP contribution in [0.1, 0.15) is 29.3 Å². The van der Waals surface area contributed by atoms with E-state index in [1.54, 1.807) is 25.9 Å². The maximum absolute atomic E-state index is 12.4. The number of carbonyl (C=O) groups excluding carboxylic acids is 1. The highest BCUT2D eigenvalue weighted by atomic mass is 32.1. The van der Waals surface area contributed by atoms with E-state index in [1.165, 1.54) is 29.5 Å². The van der Waals surface area contributed by atoms with E-state index in [2.05, 4.69) is 10.2 Å². The van der Waals surface area contributed by atoms with Crippen LogP contribution in [0.15, 0.2) is 40.1 Å². The molecule has 0 amide bonds. The van der Waals surface area contributed by atoms with Crippen molar-refractivity contribution in [1.82, 2.24) is 10.2 Å². The summed E-state index contributed by atoms with van der Waals surface area (Å²) in [4.78, 5) is 25.5. The van der Waals surface area contributed by atoms with E-state index in [0.29, 0.717) is 11.6 Å². The monoisotopic (exact) mass is 388 g/mol. The summed E-state index contributed by atoms with van der Waals surface area (Å²) in [5, 5.41) is 21.0. The average Bonchev–Trinajstić information content (AvgIpc) is 3.32. The van der Waals surface area contributed by atoms with Crippen LogP contribution in [-0.2, 0) is 4.74 Å². The highest BCUT2D eigenvalue weighted by Crippen LogP contribution is 2.29. The zero-order chi connectivity index (χ0) is 19.6. The van der Waals surface area contributed by atoms with Crippen LogP contribution in [0.2, 0.25) is 0 Å². The molecule has 9 nitrogen and oxygen atoms in total. The van der Waals surface area contributed by atoms with Gasteiger partial charge < -0.3 is 14.1 Å². The molecule has 1 unspecified atom stereocenters. The predicted octanol–water partition coefficient (Wildman–Crippen LogP) is 3.69. The molecule has 27 heavy (non-hydrogen) atoms. The van der Waals surface area contributed by atoms with Crippen LogP contribution in [0.4, 0.5) is 11.4 Å². The van der Waals surface area contributed by atoms with Gasteiger partial charge >= 0.3 is 5.97 Å². The first-order valence-corrected chi connectivity index (χ1v) is 8.79. The number of hydrogen-bond donors (Lipinski definition) is 0. The van der Waals surface area contributed by atoms with Gasteiger partial charge in [-0.3, -0.25) is 10.1 Å². The molecule has 0 aliphatic carbocycles. The van der Waals surface area contributed by atoms with Gasteiger partial charge in [0.2, 0.25) is 0 Å². The molecule has 0 spiro atoms. The molecule has 0 saturated carbocycles. The lowest BCUT2D eigenvalue weighted by molar-refractivity contribution is -0.384. The van der Waals surface area contributed by atoms with Crippen molar-refractivity contribution in [2.75, 3.05) is 19.0 Å².